The molecule has 0 aliphatic carbocycles. The largest absolute Gasteiger partial charge is 0.310 e. The molecular weight excluding hydrogens is 280 g/mol. The molecule has 106 valence electrons. The number of nitrogens with one attached hydrogen (secondary N) is 1. The zero-order valence-electron chi connectivity index (χ0n) is 11.2. The summed E-state index contributed by atoms with van der Waals surface area (Å²) in [6.07, 6.45) is 0.590. The molecule has 1 atom stereocenters. The van der Waals surface area contributed by atoms with E-state index in [0.29, 0.717) is 11.4 Å². The van der Waals surface area contributed by atoms with E-state index in [9.17, 15) is 8.78 Å². The fraction of sp³-hybridized carbons (Fsp3) is 0.250. The molecule has 0 radical (unpaired) electrons. The topological polar surface area (TPSA) is 12.0 Å². The minimum absolute atomic E-state index is 0.0436. The zero-order valence-corrected chi connectivity index (χ0v) is 11.9. The maximum Gasteiger partial charge on any atom is 0.159 e. The number of benzene rings is 2. The summed E-state index contributed by atoms with van der Waals surface area (Å²) in [6, 6.07) is 11.6. The highest BCUT2D eigenvalue weighted by Gasteiger charge is 2.12. The highest BCUT2D eigenvalue weighted by molar-refractivity contribution is 6.30. The first-order valence-electron chi connectivity index (χ1n) is 6.53. The standard InChI is InChI=1S/C16H16ClF2N/c1-2-20-16(12-4-6-13(17)7-5-12)10-11-3-8-14(18)15(19)9-11/h3-9,16,20H,2,10H2,1H3. The van der Waals surface area contributed by atoms with E-state index in [0.717, 1.165) is 23.7 Å². The number of hydrogen-bond acceptors (Lipinski definition) is 1. The van der Waals surface area contributed by atoms with Crippen LogP contribution in [-0.2, 0) is 6.42 Å². The summed E-state index contributed by atoms with van der Waals surface area (Å²) in [6.45, 7) is 2.80. The van der Waals surface area contributed by atoms with E-state index in [2.05, 4.69) is 5.32 Å². The third kappa shape index (κ3) is 3.78. The van der Waals surface area contributed by atoms with Crippen LogP contribution in [0.2, 0.25) is 5.02 Å². The molecule has 0 amide bonds. The van der Waals surface area contributed by atoms with Gasteiger partial charge in [0.05, 0.1) is 0 Å². The molecule has 2 aromatic carbocycles. The second-order valence-electron chi connectivity index (χ2n) is 4.61. The average molecular weight is 296 g/mol. The molecule has 20 heavy (non-hydrogen) atoms. The minimum Gasteiger partial charge on any atom is -0.310 e. The molecule has 0 aliphatic rings. The normalized spacial score (nSPS) is 12.4. The van der Waals surface area contributed by atoms with Crippen LogP contribution in [-0.4, -0.2) is 6.54 Å². The summed E-state index contributed by atoms with van der Waals surface area (Å²) in [5.41, 5.74) is 1.82. The van der Waals surface area contributed by atoms with Crippen LogP contribution >= 0.6 is 11.6 Å². The second kappa shape index (κ2) is 6.82. The van der Waals surface area contributed by atoms with Gasteiger partial charge in [-0.15, -0.1) is 0 Å². The van der Waals surface area contributed by atoms with E-state index in [4.69, 9.17) is 11.6 Å². The van der Waals surface area contributed by atoms with Gasteiger partial charge < -0.3 is 5.32 Å². The Kier molecular flexibility index (Phi) is 5.10. The monoisotopic (exact) mass is 295 g/mol. The van der Waals surface area contributed by atoms with Crippen molar-refractivity contribution in [2.75, 3.05) is 6.54 Å². The third-order valence-corrected chi connectivity index (χ3v) is 3.40. The highest BCUT2D eigenvalue weighted by atomic mass is 35.5. The van der Waals surface area contributed by atoms with E-state index in [-0.39, 0.29) is 6.04 Å². The van der Waals surface area contributed by atoms with E-state index in [1.165, 1.54) is 6.07 Å². The van der Waals surface area contributed by atoms with Gasteiger partial charge in [0.1, 0.15) is 0 Å². The minimum atomic E-state index is -0.819. The molecule has 0 heterocycles. The molecular formula is C16H16ClF2N. The van der Waals surface area contributed by atoms with Crippen molar-refractivity contribution in [3.8, 4) is 0 Å². The smallest absolute Gasteiger partial charge is 0.159 e. The molecule has 4 heteroatoms. The molecule has 1 nitrogen and oxygen atoms in total. The lowest BCUT2D eigenvalue weighted by Gasteiger charge is -2.18. The Labute approximate surface area is 122 Å². The molecule has 0 spiro atoms. The summed E-state index contributed by atoms with van der Waals surface area (Å²) in [4.78, 5) is 0. The Balaban J connectivity index is 2.20. The first-order chi connectivity index (χ1) is 9.60. The molecule has 1 N–H and O–H groups in total. The van der Waals surface area contributed by atoms with Crippen LogP contribution in [0.5, 0.6) is 0 Å². The lowest BCUT2D eigenvalue weighted by Crippen LogP contribution is -2.23. The van der Waals surface area contributed by atoms with Crippen LogP contribution < -0.4 is 5.32 Å². The van der Waals surface area contributed by atoms with E-state index in [1.54, 1.807) is 6.07 Å². The van der Waals surface area contributed by atoms with Crippen molar-refractivity contribution in [1.82, 2.24) is 5.32 Å². The van der Waals surface area contributed by atoms with Crippen molar-refractivity contribution in [2.24, 2.45) is 0 Å². The zero-order chi connectivity index (χ0) is 14.5. The SMILES string of the molecule is CCNC(Cc1ccc(F)c(F)c1)c1ccc(Cl)cc1. The lowest BCUT2D eigenvalue weighted by atomic mass is 9.98. The van der Waals surface area contributed by atoms with Crippen LogP contribution in [0.15, 0.2) is 42.5 Å². The van der Waals surface area contributed by atoms with Gasteiger partial charge in [0.15, 0.2) is 11.6 Å². The van der Waals surface area contributed by atoms with Crippen molar-refractivity contribution >= 4 is 11.6 Å². The summed E-state index contributed by atoms with van der Waals surface area (Å²) in [7, 11) is 0. The molecule has 0 saturated heterocycles. The summed E-state index contributed by atoms with van der Waals surface area (Å²) in [5.74, 6) is -1.63. The fourth-order valence-corrected chi connectivity index (χ4v) is 2.28. The van der Waals surface area contributed by atoms with Crippen LogP contribution in [0.3, 0.4) is 0 Å². The molecule has 0 saturated carbocycles. The van der Waals surface area contributed by atoms with E-state index >= 15 is 0 Å². The van der Waals surface area contributed by atoms with Crippen molar-refractivity contribution < 1.29 is 8.78 Å². The fourth-order valence-electron chi connectivity index (χ4n) is 2.15. The van der Waals surface area contributed by atoms with Crippen LogP contribution in [0, 0.1) is 11.6 Å². The van der Waals surface area contributed by atoms with Gasteiger partial charge in [-0.2, -0.15) is 0 Å². The molecule has 2 aromatic rings. The highest BCUT2D eigenvalue weighted by Crippen LogP contribution is 2.21. The van der Waals surface area contributed by atoms with Gasteiger partial charge in [-0.3, -0.25) is 0 Å². The van der Waals surface area contributed by atoms with Gasteiger partial charge in [-0.05, 0) is 48.4 Å². The van der Waals surface area contributed by atoms with Crippen LogP contribution in [0.4, 0.5) is 8.78 Å². The number of rotatable bonds is 5. The summed E-state index contributed by atoms with van der Waals surface area (Å²) < 4.78 is 26.2. The average Bonchev–Trinajstić information content (AvgIpc) is 2.43. The number of hydrogen-bond donors (Lipinski definition) is 1. The molecule has 0 aliphatic heterocycles. The molecule has 2 rings (SSSR count). The Morgan fingerprint density at radius 1 is 1.05 bits per heavy atom. The first kappa shape index (κ1) is 14.9. The summed E-state index contributed by atoms with van der Waals surface area (Å²) >= 11 is 5.88. The Morgan fingerprint density at radius 3 is 2.35 bits per heavy atom. The lowest BCUT2D eigenvalue weighted by molar-refractivity contribution is 0.502. The predicted octanol–water partition coefficient (Wildman–Crippen LogP) is 4.51. The maximum absolute atomic E-state index is 13.3. The predicted molar refractivity (Wildman–Crippen MR) is 77.9 cm³/mol. The number of likely N-dealkylation sites (N-methyl/N-ethyl adjacent to an activating group) is 1. The molecule has 1 unspecified atom stereocenters. The van der Waals surface area contributed by atoms with Gasteiger partial charge in [0.2, 0.25) is 0 Å². The quantitative estimate of drug-likeness (QED) is 0.855. The number of halogens is 3. The Hall–Kier alpha value is -1.45. The van der Waals surface area contributed by atoms with Gasteiger partial charge in [0, 0.05) is 11.1 Å². The van der Waals surface area contributed by atoms with Crippen molar-refractivity contribution in [3.05, 3.63) is 70.2 Å². The third-order valence-electron chi connectivity index (χ3n) is 3.15. The Bertz CT molecular complexity index is 569. The Morgan fingerprint density at radius 2 is 1.75 bits per heavy atom. The van der Waals surface area contributed by atoms with Crippen LogP contribution in [0.25, 0.3) is 0 Å². The second-order valence-corrected chi connectivity index (χ2v) is 5.05. The van der Waals surface area contributed by atoms with Crippen LogP contribution in [0.1, 0.15) is 24.1 Å². The van der Waals surface area contributed by atoms with Crippen molar-refractivity contribution in [2.45, 2.75) is 19.4 Å². The van der Waals surface area contributed by atoms with Gasteiger partial charge in [-0.25, -0.2) is 8.78 Å². The van der Waals surface area contributed by atoms with Crippen molar-refractivity contribution in [3.63, 3.8) is 0 Å². The van der Waals surface area contributed by atoms with E-state index in [1.807, 2.05) is 31.2 Å². The first-order valence-corrected chi connectivity index (χ1v) is 6.90. The summed E-state index contributed by atoms with van der Waals surface area (Å²) in [5, 5.41) is 4.02. The van der Waals surface area contributed by atoms with Crippen molar-refractivity contribution in [1.29, 1.82) is 0 Å². The molecule has 0 bridgehead atoms. The van der Waals surface area contributed by atoms with Gasteiger partial charge in [-0.1, -0.05) is 36.7 Å². The molecule has 0 fully saturated rings. The molecule has 0 aromatic heterocycles. The van der Waals surface area contributed by atoms with E-state index < -0.39 is 11.6 Å². The maximum atomic E-state index is 13.3. The van der Waals surface area contributed by atoms with Gasteiger partial charge >= 0.3 is 0 Å². The van der Waals surface area contributed by atoms with Gasteiger partial charge in [0.25, 0.3) is 0 Å².